The summed E-state index contributed by atoms with van der Waals surface area (Å²) >= 11 is 0. The van der Waals surface area contributed by atoms with Gasteiger partial charge in [0.25, 0.3) is 5.91 Å². The molecule has 2 rings (SSSR count). The van der Waals surface area contributed by atoms with Crippen molar-refractivity contribution in [3.05, 3.63) is 65.2 Å². The SMILES string of the molecule is CCC(C)NS(=O)(=O)c1ccc(C(=O)NCc2ccccc2C)cc1. The molecule has 0 heterocycles. The van der Waals surface area contributed by atoms with E-state index in [9.17, 15) is 13.2 Å². The molecule has 0 fully saturated rings. The predicted molar refractivity (Wildman–Crippen MR) is 98.9 cm³/mol. The van der Waals surface area contributed by atoms with Crippen molar-refractivity contribution in [3.63, 3.8) is 0 Å². The van der Waals surface area contributed by atoms with E-state index in [0.29, 0.717) is 18.5 Å². The van der Waals surface area contributed by atoms with Gasteiger partial charge in [-0.1, -0.05) is 31.2 Å². The zero-order chi connectivity index (χ0) is 18.4. The van der Waals surface area contributed by atoms with Gasteiger partial charge in [0, 0.05) is 18.2 Å². The van der Waals surface area contributed by atoms with Crippen LogP contribution in [0.2, 0.25) is 0 Å². The van der Waals surface area contributed by atoms with Crippen LogP contribution in [0.5, 0.6) is 0 Å². The van der Waals surface area contributed by atoms with Gasteiger partial charge in [0.15, 0.2) is 0 Å². The van der Waals surface area contributed by atoms with Crippen molar-refractivity contribution in [2.24, 2.45) is 0 Å². The van der Waals surface area contributed by atoms with E-state index < -0.39 is 10.0 Å². The van der Waals surface area contributed by atoms with E-state index in [4.69, 9.17) is 0 Å². The van der Waals surface area contributed by atoms with Crippen LogP contribution in [0.1, 0.15) is 41.8 Å². The van der Waals surface area contributed by atoms with E-state index in [0.717, 1.165) is 11.1 Å². The number of rotatable bonds is 7. The van der Waals surface area contributed by atoms with Crippen molar-refractivity contribution in [1.82, 2.24) is 10.0 Å². The first-order valence-electron chi connectivity index (χ1n) is 8.28. The van der Waals surface area contributed by atoms with Gasteiger partial charge in [-0.25, -0.2) is 13.1 Å². The molecule has 5 nitrogen and oxygen atoms in total. The maximum absolute atomic E-state index is 12.2. The molecule has 0 aliphatic heterocycles. The van der Waals surface area contributed by atoms with Crippen molar-refractivity contribution in [2.45, 2.75) is 44.7 Å². The topological polar surface area (TPSA) is 75.3 Å². The fourth-order valence-electron chi connectivity index (χ4n) is 2.29. The summed E-state index contributed by atoms with van der Waals surface area (Å²) in [5.74, 6) is -0.234. The first-order chi connectivity index (χ1) is 11.8. The van der Waals surface area contributed by atoms with Crippen LogP contribution in [0.25, 0.3) is 0 Å². The molecule has 0 radical (unpaired) electrons. The molecular weight excluding hydrogens is 336 g/mol. The summed E-state index contributed by atoms with van der Waals surface area (Å²) in [6, 6.07) is 13.7. The first-order valence-corrected chi connectivity index (χ1v) is 9.77. The maximum atomic E-state index is 12.2. The lowest BCUT2D eigenvalue weighted by atomic mass is 10.1. The average Bonchev–Trinajstić information content (AvgIpc) is 2.60. The largest absolute Gasteiger partial charge is 0.348 e. The van der Waals surface area contributed by atoms with Crippen molar-refractivity contribution >= 4 is 15.9 Å². The Morgan fingerprint density at radius 3 is 2.32 bits per heavy atom. The predicted octanol–water partition coefficient (Wildman–Crippen LogP) is 3.00. The Bertz CT molecular complexity index is 830. The van der Waals surface area contributed by atoms with E-state index in [1.165, 1.54) is 24.3 Å². The van der Waals surface area contributed by atoms with Gasteiger partial charge in [0.05, 0.1) is 4.90 Å². The van der Waals surface area contributed by atoms with Gasteiger partial charge in [-0.3, -0.25) is 4.79 Å². The van der Waals surface area contributed by atoms with Gasteiger partial charge in [-0.15, -0.1) is 0 Å². The highest BCUT2D eigenvalue weighted by Crippen LogP contribution is 2.12. The minimum absolute atomic E-state index is 0.137. The molecule has 2 aromatic carbocycles. The monoisotopic (exact) mass is 360 g/mol. The second-order valence-corrected chi connectivity index (χ2v) is 7.78. The molecule has 1 atom stereocenters. The molecule has 0 aromatic heterocycles. The quantitative estimate of drug-likeness (QED) is 0.797. The molecule has 1 amide bonds. The molecule has 0 aliphatic carbocycles. The molecular formula is C19H24N2O3S. The summed E-state index contributed by atoms with van der Waals surface area (Å²) in [5.41, 5.74) is 2.59. The van der Waals surface area contributed by atoms with Crippen LogP contribution in [-0.2, 0) is 16.6 Å². The standard InChI is InChI=1S/C19H24N2O3S/c1-4-15(3)21-25(23,24)18-11-9-16(10-12-18)19(22)20-13-17-8-6-5-7-14(17)2/h5-12,15,21H,4,13H2,1-3H3,(H,20,22). The highest BCUT2D eigenvalue weighted by molar-refractivity contribution is 7.89. The van der Waals surface area contributed by atoms with Crippen LogP contribution >= 0.6 is 0 Å². The van der Waals surface area contributed by atoms with E-state index in [1.807, 2.05) is 45.0 Å². The molecule has 0 aliphatic rings. The molecule has 0 bridgehead atoms. The molecule has 6 heteroatoms. The first kappa shape index (κ1) is 19.1. The highest BCUT2D eigenvalue weighted by atomic mass is 32.2. The third kappa shape index (κ3) is 5.14. The smallest absolute Gasteiger partial charge is 0.251 e. The van der Waals surface area contributed by atoms with Crippen LogP contribution in [0.15, 0.2) is 53.4 Å². The van der Waals surface area contributed by atoms with Gasteiger partial charge in [-0.2, -0.15) is 0 Å². The summed E-state index contributed by atoms with van der Waals surface area (Å²) in [4.78, 5) is 12.4. The number of amides is 1. The summed E-state index contributed by atoms with van der Waals surface area (Å²) in [7, 11) is -3.56. The van der Waals surface area contributed by atoms with Gasteiger partial charge in [-0.05, 0) is 55.7 Å². The number of carbonyl (C=O) groups excluding carboxylic acids is 1. The fourth-order valence-corrected chi connectivity index (χ4v) is 3.61. The van der Waals surface area contributed by atoms with Crippen LogP contribution in [0.3, 0.4) is 0 Å². The average molecular weight is 360 g/mol. The zero-order valence-electron chi connectivity index (χ0n) is 14.7. The molecule has 1 unspecified atom stereocenters. The molecule has 134 valence electrons. The third-order valence-corrected chi connectivity index (χ3v) is 5.70. The normalized spacial score (nSPS) is 12.6. The van der Waals surface area contributed by atoms with Crippen LogP contribution in [0, 0.1) is 6.92 Å². The lowest BCUT2D eigenvalue weighted by molar-refractivity contribution is 0.0951. The van der Waals surface area contributed by atoms with E-state index in [1.54, 1.807) is 0 Å². The molecule has 2 N–H and O–H groups in total. The summed E-state index contributed by atoms with van der Waals surface area (Å²) in [6.07, 6.45) is 0.707. The molecule has 2 aromatic rings. The molecule has 0 saturated carbocycles. The van der Waals surface area contributed by atoms with Crippen molar-refractivity contribution in [2.75, 3.05) is 0 Å². The summed E-state index contributed by atoms with van der Waals surface area (Å²) < 4.78 is 27.0. The Morgan fingerprint density at radius 1 is 1.08 bits per heavy atom. The Kier molecular flexibility index (Phi) is 6.33. The van der Waals surface area contributed by atoms with Gasteiger partial charge in [0.1, 0.15) is 0 Å². The maximum Gasteiger partial charge on any atom is 0.251 e. The van der Waals surface area contributed by atoms with Gasteiger partial charge in [0.2, 0.25) is 10.0 Å². The lowest BCUT2D eigenvalue weighted by Gasteiger charge is -2.12. The number of aryl methyl sites for hydroxylation is 1. The second-order valence-electron chi connectivity index (χ2n) is 6.06. The Hall–Kier alpha value is -2.18. The van der Waals surface area contributed by atoms with Crippen molar-refractivity contribution in [1.29, 1.82) is 0 Å². The van der Waals surface area contributed by atoms with Gasteiger partial charge >= 0.3 is 0 Å². The molecule has 0 spiro atoms. The van der Waals surface area contributed by atoms with Crippen LogP contribution < -0.4 is 10.0 Å². The number of nitrogens with one attached hydrogen (secondary N) is 2. The summed E-state index contributed by atoms with van der Waals surface area (Å²) in [5, 5.41) is 2.85. The number of hydrogen-bond acceptors (Lipinski definition) is 3. The summed E-state index contributed by atoms with van der Waals surface area (Å²) in [6.45, 7) is 6.15. The Morgan fingerprint density at radius 2 is 1.72 bits per heavy atom. The minimum Gasteiger partial charge on any atom is -0.348 e. The number of hydrogen-bond donors (Lipinski definition) is 2. The van der Waals surface area contributed by atoms with Crippen LogP contribution in [0.4, 0.5) is 0 Å². The molecule has 0 saturated heterocycles. The zero-order valence-corrected chi connectivity index (χ0v) is 15.6. The van der Waals surface area contributed by atoms with Crippen LogP contribution in [-0.4, -0.2) is 20.4 Å². The second kappa shape index (κ2) is 8.27. The number of benzene rings is 2. The van der Waals surface area contributed by atoms with E-state index in [-0.39, 0.29) is 16.8 Å². The Balaban J connectivity index is 2.04. The van der Waals surface area contributed by atoms with E-state index in [2.05, 4.69) is 10.0 Å². The Labute approximate surface area is 149 Å². The highest BCUT2D eigenvalue weighted by Gasteiger charge is 2.17. The molecule has 25 heavy (non-hydrogen) atoms. The van der Waals surface area contributed by atoms with Crippen molar-refractivity contribution in [3.8, 4) is 0 Å². The minimum atomic E-state index is -3.56. The third-order valence-electron chi connectivity index (χ3n) is 4.10. The van der Waals surface area contributed by atoms with Gasteiger partial charge < -0.3 is 5.32 Å². The number of sulfonamides is 1. The van der Waals surface area contributed by atoms with Crippen molar-refractivity contribution < 1.29 is 13.2 Å². The number of carbonyl (C=O) groups is 1. The fraction of sp³-hybridized carbons (Fsp3) is 0.316. The van der Waals surface area contributed by atoms with E-state index >= 15 is 0 Å². The lowest BCUT2D eigenvalue weighted by Crippen LogP contribution is -2.32.